The number of hydrogen-bond donors (Lipinski definition) is 2. The number of fused-ring (bicyclic) bond motifs is 1. The van der Waals surface area contributed by atoms with Crippen molar-refractivity contribution in [1.29, 1.82) is 0 Å². The third-order valence-corrected chi connectivity index (χ3v) is 5.77. The van der Waals surface area contributed by atoms with Crippen LogP contribution in [0, 0.1) is 0 Å². The highest BCUT2D eigenvalue weighted by Gasteiger charge is 2.42. The van der Waals surface area contributed by atoms with Crippen LogP contribution in [0.15, 0.2) is 18.2 Å². The van der Waals surface area contributed by atoms with Gasteiger partial charge in [0.25, 0.3) is 0 Å². The molecular weight excluding hydrogens is 350 g/mol. The van der Waals surface area contributed by atoms with Gasteiger partial charge in [-0.05, 0) is 29.5 Å². The Kier molecular flexibility index (Phi) is 4.10. The van der Waals surface area contributed by atoms with Crippen LogP contribution in [-0.2, 0) is 33.0 Å². The van der Waals surface area contributed by atoms with Gasteiger partial charge >= 0.3 is 12.1 Å². The molecule has 8 heteroatoms. The number of carbonyl (C=O) groups is 3. The van der Waals surface area contributed by atoms with Crippen LogP contribution in [0.2, 0.25) is 0 Å². The first-order chi connectivity index (χ1) is 12.8. The van der Waals surface area contributed by atoms with Crippen LogP contribution in [0.1, 0.15) is 42.9 Å². The van der Waals surface area contributed by atoms with Crippen LogP contribution >= 0.6 is 0 Å². The van der Waals surface area contributed by atoms with Gasteiger partial charge in [0.2, 0.25) is 5.91 Å². The van der Waals surface area contributed by atoms with Gasteiger partial charge in [0, 0.05) is 32.0 Å². The molecule has 2 atom stereocenters. The van der Waals surface area contributed by atoms with Crippen molar-refractivity contribution in [2.24, 2.45) is 5.73 Å². The number of likely N-dealkylation sites (tertiary alicyclic amines) is 1. The van der Waals surface area contributed by atoms with Gasteiger partial charge in [0.15, 0.2) is 0 Å². The molecule has 2 amide bonds. The molecule has 0 spiro atoms. The highest BCUT2D eigenvalue weighted by molar-refractivity contribution is 5.83. The molecule has 4 rings (SSSR count). The van der Waals surface area contributed by atoms with Crippen LogP contribution in [0.3, 0.4) is 0 Å². The van der Waals surface area contributed by atoms with E-state index in [1.165, 1.54) is 11.8 Å². The minimum atomic E-state index is -1.08. The molecule has 8 nitrogen and oxygen atoms in total. The quantitative estimate of drug-likeness (QED) is 0.822. The Bertz CT molecular complexity index is 798. The van der Waals surface area contributed by atoms with Crippen molar-refractivity contribution < 1.29 is 24.2 Å². The Labute approximate surface area is 156 Å². The number of hydrogen-bond acceptors (Lipinski definition) is 5. The summed E-state index contributed by atoms with van der Waals surface area (Å²) in [6.07, 6.45) is 0.982. The Morgan fingerprint density at radius 3 is 2.52 bits per heavy atom. The van der Waals surface area contributed by atoms with E-state index in [0.29, 0.717) is 13.1 Å². The minimum Gasteiger partial charge on any atom is -0.480 e. The fourth-order valence-electron chi connectivity index (χ4n) is 3.94. The monoisotopic (exact) mass is 373 g/mol. The second kappa shape index (κ2) is 6.23. The summed E-state index contributed by atoms with van der Waals surface area (Å²) < 4.78 is 5.50. The zero-order valence-corrected chi connectivity index (χ0v) is 15.2. The van der Waals surface area contributed by atoms with Crippen LogP contribution in [0.25, 0.3) is 0 Å². The van der Waals surface area contributed by atoms with E-state index in [2.05, 4.69) is 6.07 Å². The number of carboxylic acids is 1. The first kappa shape index (κ1) is 17.8. The molecule has 2 heterocycles. The van der Waals surface area contributed by atoms with Gasteiger partial charge in [-0.3, -0.25) is 9.69 Å². The topological polar surface area (TPSA) is 113 Å². The predicted octanol–water partition coefficient (Wildman–Crippen LogP) is 1.16. The third-order valence-electron chi connectivity index (χ3n) is 5.77. The lowest BCUT2D eigenvalue weighted by molar-refractivity contribution is -0.147. The minimum absolute atomic E-state index is 0.110. The molecule has 3 N–H and O–H groups in total. The SMILES string of the molecule is CC(=O)N1C[C@H](OC(=O)N2Cc3ccc(C4(N)CC4)cc3C2)C[C@H]1C(=O)O. The van der Waals surface area contributed by atoms with Gasteiger partial charge in [-0.1, -0.05) is 18.2 Å². The summed E-state index contributed by atoms with van der Waals surface area (Å²) in [6, 6.07) is 5.17. The van der Waals surface area contributed by atoms with E-state index in [1.54, 1.807) is 4.90 Å². The van der Waals surface area contributed by atoms with Gasteiger partial charge in [-0.15, -0.1) is 0 Å². The fraction of sp³-hybridized carbons (Fsp3) is 0.526. The molecule has 27 heavy (non-hydrogen) atoms. The summed E-state index contributed by atoms with van der Waals surface area (Å²) in [5.41, 5.74) is 9.29. The normalized spacial score (nSPS) is 25.3. The molecule has 144 valence electrons. The average Bonchev–Trinajstić information content (AvgIpc) is 3.07. The molecule has 1 saturated heterocycles. The molecule has 1 aromatic rings. The fourth-order valence-corrected chi connectivity index (χ4v) is 3.94. The van der Waals surface area contributed by atoms with Gasteiger partial charge in [-0.2, -0.15) is 0 Å². The van der Waals surface area contributed by atoms with Crippen molar-refractivity contribution >= 4 is 18.0 Å². The van der Waals surface area contributed by atoms with Crippen LogP contribution in [-0.4, -0.2) is 51.6 Å². The first-order valence-corrected chi connectivity index (χ1v) is 9.13. The van der Waals surface area contributed by atoms with E-state index in [1.807, 2.05) is 12.1 Å². The van der Waals surface area contributed by atoms with E-state index in [9.17, 15) is 19.5 Å². The summed E-state index contributed by atoms with van der Waals surface area (Å²) in [5.74, 6) is -1.42. The Hall–Kier alpha value is -2.61. The molecular formula is C19H23N3O5. The summed E-state index contributed by atoms with van der Waals surface area (Å²) in [5, 5.41) is 9.26. The van der Waals surface area contributed by atoms with Crippen molar-refractivity contribution in [2.75, 3.05) is 6.54 Å². The number of amides is 2. The summed E-state index contributed by atoms with van der Waals surface area (Å²) in [6.45, 7) is 2.33. The van der Waals surface area contributed by atoms with Crippen LogP contribution in [0.5, 0.6) is 0 Å². The Morgan fingerprint density at radius 1 is 1.22 bits per heavy atom. The van der Waals surface area contributed by atoms with Gasteiger partial charge in [-0.25, -0.2) is 9.59 Å². The van der Waals surface area contributed by atoms with Crippen LogP contribution < -0.4 is 5.73 Å². The maximum absolute atomic E-state index is 12.5. The van der Waals surface area contributed by atoms with E-state index in [4.69, 9.17) is 10.5 Å². The number of nitrogens with two attached hydrogens (primary N) is 1. The number of carbonyl (C=O) groups excluding carboxylic acids is 2. The standard InChI is InChI=1S/C19H23N3O5/c1-11(23)22-10-15(7-16(22)17(24)25)27-18(26)21-8-12-2-3-14(6-13(12)9-21)19(20)4-5-19/h2-3,6,15-16H,4-5,7-10,20H2,1H3,(H,24,25)/t15-,16+/m1/s1. The van der Waals surface area contributed by atoms with E-state index >= 15 is 0 Å². The van der Waals surface area contributed by atoms with Crippen LogP contribution in [0.4, 0.5) is 4.79 Å². The lowest BCUT2D eigenvalue weighted by Gasteiger charge is -2.20. The highest BCUT2D eigenvalue weighted by atomic mass is 16.6. The van der Waals surface area contributed by atoms with Crippen molar-refractivity contribution in [3.05, 3.63) is 34.9 Å². The second-order valence-corrected chi connectivity index (χ2v) is 7.76. The molecule has 0 unspecified atom stereocenters. The number of ether oxygens (including phenoxy) is 1. The Morgan fingerprint density at radius 2 is 1.93 bits per heavy atom. The van der Waals surface area contributed by atoms with E-state index in [-0.39, 0.29) is 24.4 Å². The zero-order valence-electron chi connectivity index (χ0n) is 15.2. The molecule has 2 fully saturated rings. The lowest BCUT2D eigenvalue weighted by atomic mass is 10.0. The number of aliphatic carboxylic acids is 1. The summed E-state index contributed by atoms with van der Waals surface area (Å²) >= 11 is 0. The van der Waals surface area contributed by atoms with Crippen molar-refractivity contribution in [3.8, 4) is 0 Å². The molecule has 0 radical (unpaired) electrons. The highest BCUT2D eigenvalue weighted by Crippen LogP contribution is 2.43. The van der Waals surface area contributed by atoms with Crippen molar-refractivity contribution in [1.82, 2.24) is 9.80 Å². The summed E-state index contributed by atoms with van der Waals surface area (Å²) in [7, 11) is 0. The number of nitrogens with zero attached hydrogens (tertiary/aromatic N) is 2. The first-order valence-electron chi connectivity index (χ1n) is 9.13. The maximum Gasteiger partial charge on any atom is 0.410 e. The summed E-state index contributed by atoms with van der Waals surface area (Å²) in [4.78, 5) is 38.3. The largest absolute Gasteiger partial charge is 0.480 e. The molecule has 0 bridgehead atoms. The molecule has 1 aliphatic carbocycles. The molecule has 2 aliphatic heterocycles. The van der Waals surface area contributed by atoms with Crippen molar-refractivity contribution in [3.63, 3.8) is 0 Å². The average molecular weight is 373 g/mol. The second-order valence-electron chi connectivity index (χ2n) is 7.76. The number of rotatable bonds is 3. The molecule has 1 saturated carbocycles. The molecule has 1 aromatic carbocycles. The molecule has 3 aliphatic rings. The Balaban J connectivity index is 1.39. The van der Waals surface area contributed by atoms with Crippen molar-refractivity contribution in [2.45, 2.75) is 57.0 Å². The predicted molar refractivity (Wildman–Crippen MR) is 94.5 cm³/mol. The third kappa shape index (κ3) is 3.25. The van der Waals surface area contributed by atoms with Gasteiger partial charge < -0.3 is 20.5 Å². The van der Waals surface area contributed by atoms with Gasteiger partial charge in [0.05, 0.1) is 6.54 Å². The maximum atomic E-state index is 12.5. The van der Waals surface area contributed by atoms with E-state index < -0.39 is 24.2 Å². The number of benzene rings is 1. The number of carboxylic acid groups (broad SMARTS) is 1. The smallest absolute Gasteiger partial charge is 0.410 e. The van der Waals surface area contributed by atoms with Gasteiger partial charge in [0.1, 0.15) is 12.1 Å². The lowest BCUT2D eigenvalue weighted by Crippen LogP contribution is -2.39. The zero-order chi connectivity index (χ0) is 19.3. The molecule has 0 aromatic heterocycles. The van der Waals surface area contributed by atoms with E-state index in [0.717, 1.165) is 29.5 Å².